The molecule has 0 spiro atoms. The summed E-state index contributed by atoms with van der Waals surface area (Å²) in [4.78, 5) is 28.4. The third-order valence-corrected chi connectivity index (χ3v) is 3.87. The van der Waals surface area contributed by atoms with Crippen molar-refractivity contribution < 1.29 is 14.3 Å². The number of benzene rings is 1. The lowest BCUT2D eigenvalue weighted by atomic mass is 10.1. The Bertz CT molecular complexity index is 655. The van der Waals surface area contributed by atoms with Crippen LogP contribution in [-0.2, 0) is 20.7 Å². The largest absolute Gasteiger partial charge is 0.469 e. The highest BCUT2D eigenvalue weighted by atomic mass is 32.1. The maximum Gasteiger partial charge on any atom is 0.310 e. The van der Waals surface area contributed by atoms with Crippen LogP contribution in [0.3, 0.4) is 0 Å². The van der Waals surface area contributed by atoms with Crippen LogP contribution in [0.25, 0.3) is 11.3 Å². The molecule has 1 heterocycles. The van der Waals surface area contributed by atoms with Crippen molar-refractivity contribution in [2.75, 3.05) is 19.0 Å². The summed E-state index contributed by atoms with van der Waals surface area (Å²) in [6.45, 7) is 0.276. The molecule has 0 aliphatic heterocycles. The van der Waals surface area contributed by atoms with Crippen LogP contribution in [0.5, 0.6) is 0 Å². The summed E-state index contributed by atoms with van der Waals surface area (Å²) >= 11 is 1.27. The molecule has 0 atom stereocenters. The van der Waals surface area contributed by atoms with Gasteiger partial charge in [0.1, 0.15) is 0 Å². The van der Waals surface area contributed by atoms with E-state index in [1.165, 1.54) is 18.4 Å². The van der Waals surface area contributed by atoms with Gasteiger partial charge in [-0.25, -0.2) is 4.98 Å². The van der Waals surface area contributed by atoms with Gasteiger partial charge in [-0.1, -0.05) is 30.3 Å². The fraction of sp³-hybridized carbons (Fsp3) is 0.267. The van der Waals surface area contributed by atoms with Gasteiger partial charge in [-0.05, 0) is 0 Å². The number of esters is 1. The monoisotopic (exact) mass is 319 g/mol. The maximum absolute atomic E-state index is 11.6. The molecule has 1 amide bonds. The second-order valence-corrected chi connectivity index (χ2v) is 5.58. The summed E-state index contributed by atoms with van der Waals surface area (Å²) in [5.74, 6) is -0.541. The molecule has 6 nitrogen and oxygen atoms in total. The lowest BCUT2D eigenvalue weighted by molar-refractivity contribution is -0.139. The highest BCUT2D eigenvalue weighted by molar-refractivity contribution is 7.16. The van der Waals surface area contributed by atoms with Gasteiger partial charge in [0.2, 0.25) is 5.91 Å². The van der Waals surface area contributed by atoms with E-state index in [9.17, 15) is 9.59 Å². The number of rotatable bonds is 6. The number of thiazole rings is 1. The molecule has 0 radical (unpaired) electrons. The van der Waals surface area contributed by atoms with E-state index in [4.69, 9.17) is 10.5 Å². The zero-order valence-corrected chi connectivity index (χ0v) is 13.0. The first-order valence-electron chi connectivity index (χ1n) is 6.76. The molecule has 7 heteroatoms. The van der Waals surface area contributed by atoms with Gasteiger partial charge in [-0.3, -0.25) is 9.59 Å². The number of amides is 1. The lowest BCUT2D eigenvalue weighted by Crippen LogP contribution is -2.15. The molecule has 0 bridgehead atoms. The Morgan fingerprint density at radius 3 is 2.68 bits per heavy atom. The minimum atomic E-state index is -0.347. The van der Waals surface area contributed by atoms with Crippen molar-refractivity contribution in [1.29, 1.82) is 0 Å². The fourth-order valence-corrected chi connectivity index (χ4v) is 2.85. The van der Waals surface area contributed by atoms with Crippen LogP contribution in [0.15, 0.2) is 30.3 Å². The Kier molecular flexibility index (Phi) is 5.62. The predicted octanol–water partition coefficient (Wildman–Crippen LogP) is 1.81. The van der Waals surface area contributed by atoms with Crippen LogP contribution in [0, 0.1) is 0 Å². The van der Waals surface area contributed by atoms with Gasteiger partial charge in [0, 0.05) is 23.4 Å². The number of carbonyl (C=O) groups is 2. The van der Waals surface area contributed by atoms with Crippen molar-refractivity contribution in [1.82, 2.24) is 4.98 Å². The van der Waals surface area contributed by atoms with Crippen molar-refractivity contribution in [3.63, 3.8) is 0 Å². The van der Waals surface area contributed by atoms with E-state index in [2.05, 4.69) is 10.3 Å². The Labute approximate surface area is 132 Å². The molecule has 0 saturated heterocycles. The molecule has 0 fully saturated rings. The van der Waals surface area contributed by atoms with E-state index >= 15 is 0 Å². The van der Waals surface area contributed by atoms with E-state index < -0.39 is 0 Å². The van der Waals surface area contributed by atoms with Crippen molar-refractivity contribution >= 4 is 28.3 Å². The van der Waals surface area contributed by atoms with Gasteiger partial charge in [0.05, 0.1) is 19.2 Å². The lowest BCUT2D eigenvalue weighted by Gasteiger charge is -2.01. The number of anilines is 1. The number of methoxy groups -OCH3 is 1. The van der Waals surface area contributed by atoms with Gasteiger partial charge in [0.25, 0.3) is 0 Å². The molecule has 2 aromatic rings. The van der Waals surface area contributed by atoms with Crippen molar-refractivity contribution in [2.24, 2.45) is 5.73 Å². The Morgan fingerprint density at radius 2 is 2.05 bits per heavy atom. The summed E-state index contributed by atoms with van der Waals surface area (Å²) in [5, 5.41) is 3.16. The van der Waals surface area contributed by atoms with Gasteiger partial charge in [-0.15, -0.1) is 11.3 Å². The number of hydrogen-bond acceptors (Lipinski definition) is 6. The molecule has 1 aromatic carbocycles. The van der Waals surface area contributed by atoms with Crippen LogP contribution in [-0.4, -0.2) is 30.5 Å². The Balaban J connectivity index is 2.31. The average Bonchev–Trinajstić information content (AvgIpc) is 2.90. The number of nitrogens with one attached hydrogen (secondary N) is 1. The SMILES string of the molecule is COC(=O)Cc1sc(NC(=O)CCN)nc1-c1ccccc1. The molecule has 116 valence electrons. The highest BCUT2D eigenvalue weighted by Gasteiger charge is 2.17. The molecule has 0 unspecified atom stereocenters. The summed E-state index contributed by atoms with van der Waals surface area (Å²) in [6.07, 6.45) is 0.345. The molecule has 2 rings (SSSR count). The molecule has 0 aliphatic carbocycles. The summed E-state index contributed by atoms with van der Waals surface area (Å²) in [6, 6.07) is 9.50. The zero-order valence-electron chi connectivity index (χ0n) is 12.2. The second-order valence-electron chi connectivity index (χ2n) is 4.50. The van der Waals surface area contributed by atoms with Gasteiger partial charge < -0.3 is 15.8 Å². The number of ether oxygens (including phenoxy) is 1. The van der Waals surface area contributed by atoms with Crippen molar-refractivity contribution in [2.45, 2.75) is 12.8 Å². The number of hydrogen-bond donors (Lipinski definition) is 2. The van der Waals surface area contributed by atoms with E-state index in [1.54, 1.807) is 0 Å². The molecular weight excluding hydrogens is 302 g/mol. The van der Waals surface area contributed by atoms with E-state index in [1.807, 2.05) is 30.3 Å². The van der Waals surface area contributed by atoms with Crippen molar-refractivity contribution in [3.05, 3.63) is 35.2 Å². The fourth-order valence-electron chi connectivity index (χ4n) is 1.86. The van der Waals surface area contributed by atoms with E-state index in [0.29, 0.717) is 10.8 Å². The van der Waals surface area contributed by atoms with Crippen LogP contribution >= 0.6 is 11.3 Å². The Morgan fingerprint density at radius 1 is 1.32 bits per heavy atom. The highest BCUT2D eigenvalue weighted by Crippen LogP contribution is 2.31. The first-order valence-corrected chi connectivity index (χ1v) is 7.57. The topological polar surface area (TPSA) is 94.3 Å². The molecular formula is C15H17N3O3S. The quantitative estimate of drug-likeness (QED) is 0.792. The van der Waals surface area contributed by atoms with Crippen LogP contribution < -0.4 is 11.1 Å². The van der Waals surface area contributed by atoms with Crippen LogP contribution in [0.4, 0.5) is 5.13 Å². The predicted molar refractivity (Wildman–Crippen MR) is 85.6 cm³/mol. The number of nitrogens with zero attached hydrogens (tertiary/aromatic N) is 1. The normalized spacial score (nSPS) is 10.3. The van der Waals surface area contributed by atoms with Gasteiger partial charge in [0.15, 0.2) is 5.13 Å². The zero-order chi connectivity index (χ0) is 15.9. The molecule has 0 aliphatic rings. The van der Waals surface area contributed by atoms with Crippen LogP contribution in [0.1, 0.15) is 11.3 Å². The summed E-state index contributed by atoms with van der Waals surface area (Å²) in [5.41, 5.74) is 6.92. The third-order valence-electron chi connectivity index (χ3n) is 2.89. The number of aromatic nitrogens is 1. The maximum atomic E-state index is 11.6. The molecule has 22 heavy (non-hydrogen) atoms. The van der Waals surface area contributed by atoms with Crippen molar-refractivity contribution in [3.8, 4) is 11.3 Å². The summed E-state index contributed by atoms with van der Waals surface area (Å²) in [7, 11) is 1.34. The molecule has 1 aromatic heterocycles. The standard InChI is InChI=1S/C15H17N3O3S/c1-21-13(20)9-11-14(10-5-3-2-4-6-10)18-15(22-11)17-12(19)7-8-16/h2-6H,7-9,16H2,1H3,(H,17,18,19). The Hall–Kier alpha value is -2.25. The average molecular weight is 319 g/mol. The van der Waals surface area contributed by atoms with Gasteiger partial charge in [-0.2, -0.15) is 0 Å². The first-order chi connectivity index (χ1) is 10.6. The van der Waals surface area contributed by atoms with E-state index in [-0.39, 0.29) is 31.3 Å². The van der Waals surface area contributed by atoms with Crippen LogP contribution in [0.2, 0.25) is 0 Å². The minimum absolute atomic E-state index is 0.116. The smallest absolute Gasteiger partial charge is 0.310 e. The second kappa shape index (κ2) is 7.67. The van der Waals surface area contributed by atoms with Gasteiger partial charge >= 0.3 is 5.97 Å². The molecule has 0 saturated carbocycles. The number of carbonyl (C=O) groups excluding carboxylic acids is 2. The summed E-state index contributed by atoms with van der Waals surface area (Å²) < 4.78 is 4.71. The molecule has 3 N–H and O–H groups in total. The first kappa shape index (κ1) is 16.1. The third kappa shape index (κ3) is 4.12. The van der Waals surface area contributed by atoms with E-state index in [0.717, 1.165) is 10.4 Å². The number of nitrogens with two attached hydrogens (primary N) is 1. The minimum Gasteiger partial charge on any atom is -0.469 e.